The number of benzene rings is 2. The Morgan fingerprint density at radius 3 is 2.53 bits per heavy atom. The smallest absolute Gasteiger partial charge is 0.322 e. The molecule has 0 saturated heterocycles. The number of carbonyl (C=O) groups excluding carboxylic acids is 1. The van der Waals surface area contributed by atoms with E-state index in [1.54, 1.807) is 19.1 Å². The van der Waals surface area contributed by atoms with Crippen LogP contribution in [0.15, 0.2) is 58.8 Å². The van der Waals surface area contributed by atoms with Gasteiger partial charge in [0, 0.05) is 17.8 Å². The number of nitrogens with one attached hydrogen (secondary N) is 1. The summed E-state index contributed by atoms with van der Waals surface area (Å²) >= 11 is 0. The number of rotatable bonds is 9. The fourth-order valence-electron chi connectivity index (χ4n) is 4.11. The van der Waals surface area contributed by atoms with Gasteiger partial charge in [0.15, 0.2) is 0 Å². The lowest BCUT2D eigenvalue weighted by molar-refractivity contribution is 0.204. The first-order valence-corrected chi connectivity index (χ1v) is 11.5. The third-order valence-electron chi connectivity index (χ3n) is 6.01. The summed E-state index contributed by atoms with van der Waals surface area (Å²) in [6.45, 7) is 4.70. The molecule has 1 atom stereocenters. The van der Waals surface area contributed by atoms with Crippen LogP contribution in [0.25, 0.3) is 17.0 Å². The lowest BCUT2D eigenvalue weighted by Gasteiger charge is -2.35. The van der Waals surface area contributed by atoms with E-state index in [1.165, 1.54) is 0 Å². The number of hydrogen-bond acceptors (Lipinski definition) is 6. The van der Waals surface area contributed by atoms with Gasteiger partial charge in [0.2, 0.25) is 5.82 Å². The lowest BCUT2D eigenvalue weighted by Crippen LogP contribution is -2.46. The van der Waals surface area contributed by atoms with E-state index in [0.29, 0.717) is 24.0 Å². The number of methoxy groups -OCH3 is 2. The first-order valence-electron chi connectivity index (χ1n) is 11.5. The quantitative estimate of drug-likeness (QED) is 0.426. The summed E-state index contributed by atoms with van der Waals surface area (Å²) in [6.07, 6.45) is 3.04. The number of nitrogens with zero attached hydrogens (tertiary/aromatic N) is 3. The van der Waals surface area contributed by atoms with Crippen LogP contribution >= 0.6 is 0 Å². The molecule has 0 saturated carbocycles. The Morgan fingerprint density at radius 1 is 1.06 bits per heavy atom. The third kappa shape index (κ3) is 4.76. The number of allylic oxidation sites excluding steroid dienone is 1. The van der Waals surface area contributed by atoms with Crippen LogP contribution in [0.5, 0.6) is 11.5 Å². The summed E-state index contributed by atoms with van der Waals surface area (Å²) in [6, 6.07) is 14.5. The molecule has 1 aromatic heterocycles. The molecule has 34 heavy (non-hydrogen) atoms. The number of hydrogen-bond donors (Lipinski definition) is 1. The van der Waals surface area contributed by atoms with E-state index in [2.05, 4.69) is 17.4 Å². The van der Waals surface area contributed by atoms with Gasteiger partial charge in [0.05, 0.1) is 25.8 Å². The van der Waals surface area contributed by atoms with E-state index in [4.69, 9.17) is 19.0 Å². The van der Waals surface area contributed by atoms with Gasteiger partial charge < -0.3 is 19.3 Å². The SMILES string of the molecule is CCCCCN1C(=O)NC(c2cccc(OC)c2)C(c2nc(-c3ccc(OC)cc3)no2)=C1C. The van der Waals surface area contributed by atoms with Crippen molar-refractivity contribution in [1.29, 1.82) is 0 Å². The molecule has 0 spiro atoms. The Bertz CT molecular complexity index is 1170. The van der Waals surface area contributed by atoms with Crippen molar-refractivity contribution in [3.05, 3.63) is 65.7 Å². The maximum absolute atomic E-state index is 13.1. The molecule has 4 rings (SSSR count). The molecular formula is C26H30N4O4. The van der Waals surface area contributed by atoms with Crippen LogP contribution < -0.4 is 14.8 Å². The highest BCUT2D eigenvalue weighted by molar-refractivity contribution is 5.87. The summed E-state index contributed by atoms with van der Waals surface area (Å²) in [5, 5.41) is 7.35. The van der Waals surface area contributed by atoms with E-state index >= 15 is 0 Å². The van der Waals surface area contributed by atoms with Crippen LogP contribution in [-0.4, -0.2) is 41.8 Å². The minimum absolute atomic E-state index is 0.139. The second-order valence-electron chi connectivity index (χ2n) is 8.17. The second kappa shape index (κ2) is 10.4. The molecule has 0 aliphatic carbocycles. The molecule has 1 unspecified atom stereocenters. The van der Waals surface area contributed by atoms with Gasteiger partial charge >= 0.3 is 6.03 Å². The molecule has 8 nitrogen and oxygen atoms in total. The highest BCUT2D eigenvalue weighted by Gasteiger charge is 2.35. The molecule has 1 aliphatic heterocycles. The molecule has 1 N–H and O–H groups in total. The normalized spacial score (nSPS) is 15.9. The standard InChI is InChI=1S/C26H30N4O4/c1-5-6-7-15-30-17(2)22(23(27-26(30)31)19-9-8-10-21(16-19)33-4)25-28-24(29-34-25)18-11-13-20(32-3)14-12-18/h8-14,16,23H,5-7,15H2,1-4H3,(H,27,31). The largest absolute Gasteiger partial charge is 0.497 e. The zero-order valence-corrected chi connectivity index (χ0v) is 20.0. The fourth-order valence-corrected chi connectivity index (χ4v) is 4.11. The second-order valence-corrected chi connectivity index (χ2v) is 8.17. The van der Waals surface area contributed by atoms with Crippen LogP contribution in [0.3, 0.4) is 0 Å². The summed E-state index contributed by atoms with van der Waals surface area (Å²) in [7, 11) is 3.24. The van der Waals surface area contributed by atoms with Gasteiger partial charge in [0.25, 0.3) is 5.89 Å². The van der Waals surface area contributed by atoms with Crippen LogP contribution in [0.4, 0.5) is 4.79 Å². The van der Waals surface area contributed by atoms with Crippen molar-refractivity contribution < 1.29 is 18.8 Å². The zero-order chi connectivity index (χ0) is 24.1. The van der Waals surface area contributed by atoms with Gasteiger partial charge in [-0.05, 0) is 55.3 Å². The third-order valence-corrected chi connectivity index (χ3v) is 6.01. The molecule has 0 bridgehead atoms. The lowest BCUT2D eigenvalue weighted by atomic mass is 9.94. The number of ether oxygens (including phenoxy) is 2. The predicted octanol–water partition coefficient (Wildman–Crippen LogP) is 5.44. The van der Waals surface area contributed by atoms with E-state index in [0.717, 1.165) is 47.4 Å². The summed E-state index contributed by atoms with van der Waals surface area (Å²) in [5.41, 5.74) is 3.26. The highest BCUT2D eigenvalue weighted by Crippen LogP contribution is 2.38. The number of unbranched alkanes of at least 4 members (excludes halogenated alkanes) is 2. The molecule has 0 fully saturated rings. The maximum atomic E-state index is 13.1. The predicted molar refractivity (Wildman–Crippen MR) is 129 cm³/mol. The van der Waals surface area contributed by atoms with Crippen molar-refractivity contribution >= 4 is 11.6 Å². The highest BCUT2D eigenvalue weighted by atomic mass is 16.5. The fraction of sp³-hybridized carbons (Fsp3) is 0.346. The van der Waals surface area contributed by atoms with Crippen LogP contribution in [0, 0.1) is 0 Å². The van der Waals surface area contributed by atoms with Gasteiger partial charge in [-0.1, -0.05) is 37.1 Å². The topological polar surface area (TPSA) is 89.7 Å². The van der Waals surface area contributed by atoms with Gasteiger partial charge in [-0.15, -0.1) is 0 Å². The Morgan fingerprint density at radius 2 is 1.82 bits per heavy atom. The van der Waals surface area contributed by atoms with Crippen molar-refractivity contribution in [3.8, 4) is 22.9 Å². The van der Waals surface area contributed by atoms with Gasteiger partial charge in [-0.25, -0.2) is 4.79 Å². The maximum Gasteiger partial charge on any atom is 0.322 e. The molecule has 0 radical (unpaired) electrons. The van der Waals surface area contributed by atoms with Crippen molar-refractivity contribution in [2.24, 2.45) is 0 Å². The zero-order valence-electron chi connectivity index (χ0n) is 20.0. The summed E-state index contributed by atoms with van der Waals surface area (Å²) in [5.74, 6) is 2.30. The minimum Gasteiger partial charge on any atom is -0.497 e. The summed E-state index contributed by atoms with van der Waals surface area (Å²) < 4.78 is 16.4. The molecule has 2 aromatic carbocycles. The molecule has 2 heterocycles. The molecule has 1 aliphatic rings. The van der Waals surface area contributed by atoms with E-state index in [1.807, 2.05) is 55.5 Å². The van der Waals surface area contributed by atoms with Crippen LogP contribution in [0.1, 0.15) is 50.6 Å². The first kappa shape index (κ1) is 23.4. The average Bonchev–Trinajstić information content (AvgIpc) is 3.35. The number of aromatic nitrogens is 2. The van der Waals surface area contributed by atoms with Gasteiger partial charge in [-0.2, -0.15) is 4.98 Å². The van der Waals surface area contributed by atoms with Gasteiger partial charge in [0.1, 0.15) is 11.5 Å². The van der Waals surface area contributed by atoms with Crippen LogP contribution in [-0.2, 0) is 0 Å². The number of amides is 2. The molecule has 2 amide bonds. The van der Waals surface area contributed by atoms with E-state index in [9.17, 15) is 4.79 Å². The summed E-state index contributed by atoms with van der Waals surface area (Å²) in [4.78, 5) is 19.5. The number of urea groups is 1. The van der Waals surface area contributed by atoms with Crippen molar-refractivity contribution in [2.75, 3.05) is 20.8 Å². The molecule has 8 heteroatoms. The number of carbonyl (C=O) groups is 1. The Labute approximate surface area is 199 Å². The monoisotopic (exact) mass is 462 g/mol. The van der Waals surface area contributed by atoms with E-state index in [-0.39, 0.29) is 6.03 Å². The van der Waals surface area contributed by atoms with Crippen molar-refractivity contribution in [1.82, 2.24) is 20.4 Å². The average molecular weight is 463 g/mol. The van der Waals surface area contributed by atoms with E-state index < -0.39 is 6.04 Å². The van der Waals surface area contributed by atoms with Gasteiger partial charge in [-0.3, -0.25) is 4.90 Å². The Balaban J connectivity index is 1.76. The van der Waals surface area contributed by atoms with Crippen molar-refractivity contribution in [3.63, 3.8) is 0 Å². The minimum atomic E-state index is -0.450. The van der Waals surface area contributed by atoms with Crippen molar-refractivity contribution in [2.45, 2.75) is 39.2 Å². The Kier molecular flexibility index (Phi) is 7.15. The molecule has 178 valence electrons. The molecular weight excluding hydrogens is 432 g/mol. The molecule has 3 aromatic rings. The Hall–Kier alpha value is -3.81. The van der Waals surface area contributed by atoms with Crippen LogP contribution in [0.2, 0.25) is 0 Å². The first-order chi connectivity index (χ1) is 16.5.